The maximum absolute atomic E-state index is 10.6. The van der Waals surface area contributed by atoms with Crippen molar-refractivity contribution in [3.63, 3.8) is 0 Å². The van der Waals surface area contributed by atoms with Gasteiger partial charge in [-0.1, -0.05) is 0 Å². The summed E-state index contributed by atoms with van der Waals surface area (Å²) >= 11 is 0. The Kier molecular flexibility index (Phi) is 0.943. The molecule has 0 amide bonds. The van der Waals surface area contributed by atoms with Gasteiger partial charge in [0, 0.05) is 6.07 Å². The lowest BCUT2D eigenvalue weighted by Crippen LogP contribution is -2.02. The molecular formula is C6H5NO3. The zero-order valence-electron chi connectivity index (χ0n) is 5.09. The molecular weight excluding hydrogens is 134 g/mol. The Morgan fingerprint density at radius 2 is 2.30 bits per heavy atom. The summed E-state index contributed by atoms with van der Waals surface area (Å²) in [7, 11) is 0. The lowest BCUT2D eigenvalue weighted by Gasteiger charge is -1.90. The molecule has 1 aromatic heterocycles. The molecule has 0 saturated heterocycles. The third-order valence-electron chi connectivity index (χ3n) is 1.26. The predicted molar refractivity (Wildman–Crippen MR) is 33.2 cm³/mol. The lowest BCUT2D eigenvalue weighted by molar-refractivity contribution is 0.171. The molecule has 0 atom stereocenters. The number of fused-ring (bicyclic) bond motifs is 1. The minimum atomic E-state index is -0.177. The highest BCUT2D eigenvalue weighted by Crippen LogP contribution is 2.26. The molecule has 4 heteroatoms. The molecule has 0 aromatic carbocycles. The molecule has 52 valence electrons. The Labute approximate surface area is 56.4 Å². The predicted octanol–water partition coefficient (Wildman–Crippen LogP) is 0.104. The van der Waals surface area contributed by atoms with E-state index in [0.29, 0.717) is 11.6 Å². The van der Waals surface area contributed by atoms with Crippen LogP contribution in [-0.2, 0) is 0 Å². The first-order valence-corrected chi connectivity index (χ1v) is 2.85. The van der Waals surface area contributed by atoms with E-state index in [2.05, 4.69) is 4.98 Å². The molecule has 4 nitrogen and oxygen atoms in total. The molecule has 1 aliphatic heterocycles. The fourth-order valence-corrected chi connectivity index (χ4v) is 0.815. The van der Waals surface area contributed by atoms with Crippen LogP contribution in [0.1, 0.15) is 0 Å². The van der Waals surface area contributed by atoms with E-state index in [-0.39, 0.29) is 12.4 Å². The largest absolute Gasteiger partial charge is 0.452 e. The van der Waals surface area contributed by atoms with Crippen molar-refractivity contribution in [1.82, 2.24) is 4.98 Å². The average Bonchev–Trinajstić information content (AvgIpc) is 2.33. The summed E-state index contributed by atoms with van der Waals surface area (Å²) in [6, 6.07) is 2.98. The number of hydrogen-bond acceptors (Lipinski definition) is 3. The highest BCUT2D eigenvalue weighted by atomic mass is 16.7. The number of aromatic nitrogens is 1. The third kappa shape index (κ3) is 0.655. The van der Waals surface area contributed by atoms with Crippen LogP contribution >= 0.6 is 0 Å². The molecule has 0 spiro atoms. The van der Waals surface area contributed by atoms with Gasteiger partial charge in [-0.25, -0.2) is 0 Å². The smallest absolute Gasteiger partial charge is 0.250 e. The normalized spacial score (nSPS) is 13.6. The molecule has 0 aliphatic carbocycles. The Hall–Kier alpha value is -1.45. The van der Waals surface area contributed by atoms with Crippen LogP contribution in [0.5, 0.6) is 11.6 Å². The second-order valence-electron chi connectivity index (χ2n) is 1.92. The van der Waals surface area contributed by atoms with E-state index in [0.717, 1.165) is 0 Å². The van der Waals surface area contributed by atoms with Crippen LogP contribution in [0.4, 0.5) is 0 Å². The van der Waals surface area contributed by atoms with E-state index in [1.807, 2.05) is 0 Å². The maximum atomic E-state index is 10.6. The summed E-state index contributed by atoms with van der Waals surface area (Å²) in [4.78, 5) is 13.1. The van der Waals surface area contributed by atoms with Gasteiger partial charge < -0.3 is 9.47 Å². The number of nitrogens with one attached hydrogen (secondary N) is 1. The Morgan fingerprint density at radius 3 is 3.20 bits per heavy atom. The highest BCUT2D eigenvalue weighted by Gasteiger charge is 2.12. The average molecular weight is 139 g/mol. The number of hydrogen-bond donors (Lipinski definition) is 1. The summed E-state index contributed by atoms with van der Waals surface area (Å²) in [6.45, 7) is 0.190. The lowest BCUT2D eigenvalue weighted by atomic mass is 10.4. The molecule has 1 aromatic rings. The molecule has 0 fully saturated rings. The van der Waals surface area contributed by atoms with E-state index in [1.165, 1.54) is 6.07 Å². The minimum absolute atomic E-state index is 0.177. The van der Waals surface area contributed by atoms with Crippen molar-refractivity contribution in [1.29, 1.82) is 0 Å². The molecule has 2 heterocycles. The third-order valence-corrected chi connectivity index (χ3v) is 1.26. The van der Waals surface area contributed by atoms with Gasteiger partial charge in [-0.2, -0.15) is 0 Å². The van der Waals surface area contributed by atoms with Crippen LogP contribution in [0.15, 0.2) is 16.9 Å². The molecule has 1 N–H and O–H groups in total. The van der Waals surface area contributed by atoms with Gasteiger partial charge in [0.1, 0.15) is 0 Å². The summed E-state index contributed by atoms with van der Waals surface area (Å²) in [5.74, 6) is 1.02. The molecule has 2 rings (SSSR count). The SMILES string of the molecule is O=c1ccc2c([nH]1)OCO2. The molecule has 0 bridgehead atoms. The van der Waals surface area contributed by atoms with Crippen molar-refractivity contribution in [3.8, 4) is 11.6 Å². The molecule has 0 unspecified atom stereocenters. The van der Waals surface area contributed by atoms with E-state index >= 15 is 0 Å². The number of rotatable bonds is 0. The van der Waals surface area contributed by atoms with Gasteiger partial charge >= 0.3 is 0 Å². The van der Waals surface area contributed by atoms with Gasteiger partial charge in [0.15, 0.2) is 5.75 Å². The Balaban J connectivity index is 2.63. The summed E-state index contributed by atoms with van der Waals surface area (Å²) in [5.41, 5.74) is -0.177. The first kappa shape index (κ1) is 5.34. The second kappa shape index (κ2) is 1.76. The molecule has 1 aliphatic rings. The number of aromatic amines is 1. The maximum Gasteiger partial charge on any atom is 0.250 e. The van der Waals surface area contributed by atoms with Gasteiger partial charge in [0.25, 0.3) is 5.56 Å². The minimum Gasteiger partial charge on any atom is -0.452 e. The van der Waals surface area contributed by atoms with Gasteiger partial charge in [-0.05, 0) is 6.07 Å². The van der Waals surface area contributed by atoms with Crippen molar-refractivity contribution in [3.05, 3.63) is 22.5 Å². The van der Waals surface area contributed by atoms with E-state index in [1.54, 1.807) is 6.07 Å². The van der Waals surface area contributed by atoms with Crippen molar-refractivity contribution >= 4 is 0 Å². The van der Waals surface area contributed by atoms with E-state index in [4.69, 9.17) is 9.47 Å². The Morgan fingerprint density at radius 1 is 1.40 bits per heavy atom. The summed E-state index contributed by atoms with van der Waals surface area (Å²) in [6.07, 6.45) is 0. The van der Waals surface area contributed by atoms with Gasteiger partial charge in [-0.15, -0.1) is 0 Å². The first-order chi connectivity index (χ1) is 4.86. The van der Waals surface area contributed by atoms with Crippen molar-refractivity contribution < 1.29 is 9.47 Å². The molecule has 10 heavy (non-hydrogen) atoms. The van der Waals surface area contributed by atoms with Crippen LogP contribution in [0.3, 0.4) is 0 Å². The zero-order valence-corrected chi connectivity index (χ0v) is 5.09. The van der Waals surface area contributed by atoms with Crippen LogP contribution in [0, 0.1) is 0 Å². The second-order valence-corrected chi connectivity index (χ2v) is 1.92. The van der Waals surface area contributed by atoms with Gasteiger partial charge in [0.05, 0.1) is 0 Å². The summed E-state index contributed by atoms with van der Waals surface area (Å²) in [5, 5.41) is 0. The monoisotopic (exact) mass is 139 g/mol. The van der Waals surface area contributed by atoms with Crippen LogP contribution in [0.2, 0.25) is 0 Å². The fourth-order valence-electron chi connectivity index (χ4n) is 0.815. The zero-order chi connectivity index (χ0) is 6.97. The molecule has 0 saturated carbocycles. The highest BCUT2D eigenvalue weighted by molar-refractivity contribution is 5.34. The first-order valence-electron chi connectivity index (χ1n) is 2.85. The number of pyridine rings is 1. The van der Waals surface area contributed by atoms with Crippen LogP contribution in [0.25, 0.3) is 0 Å². The van der Waals surface area contributed by atoms with Crippen molar-refractivity contribution in [2.75, 3.05) is 6.79 Å². The van der Waals surface area contributed by atoms with Crippen LogP contribution in [-0.4, -0.2) is 11.8 Å². The van der Waals surface area contributed by atoms with Crippen molar-refractivity contribution in [2.45, 2.75) is 0 Å². The van der Waals surface area contributed by atoms with Gasteiger partial charge in [-0.3, -0.25) is 9.78 Å². The topological polar surface area (TPSA) is 51.3 Å². The number of ether oxygens (including phenoxy) is 2. The van der Waals surface area contributed by atoms with Crippen LogP contribution < -0.4 is 15.0 Å². The van der Waals surface area contributed by atoms with E-state index in [9.17, 15) is 4.79 Å². The van der Waals surface area contributed by atoms with Crippen molar-refractivity contribution in [2.24, 2.45) is 0 Å². The standard InChI is InChI=1S/C6H5NO3/c8-5-2-1-4-6(7-5)10-3-9-4/h1-2H,3H2,(H,7,8). The van der Waals surface area contributed by atoms with E-state index < -0.39 is 0 Å². The fraction of sp³-hybridized carbons (Fsp3) is 0.167. The Bertz CT molecular complexity index is 304. The molecule has 0 radical (unpaired) electrons. The number of H-pyrrole nitrogens is 1. The van der Waals surface area contributed by atoms with Gasteiger partial charge in [0.2, 0.25) is 12.7 Å². The summed E-state index contributed by atoms with van der Waals surface area (Å²) < 4.78 is 9.86. The quantitative estimate of drug-likeness (QED) is 0.554.